The fourth-order valence-electron chi connectivity index (χ4n) is 0.944. The minimum absolute atomic E-state index is 0.255. The molecular weight excluding hydrogens is 220 g/mol. The zero-order valence-electron chi connectivity index (χ0n) is 11.1. The van der Waals surface area contributed by atoms with Crippen LogP contribution in [0.25, 0.3) is 0 Å². The van der Waals surface area contributed by atoms with Gasteiger partial charge in [-0.2, -0.15) is 0 Å². The fourth-order valence-corrected chi connectivity index (χ4v) is 0.944. The molecule has 1 rings (SSSR count). The van der Waals surface area contributed by atoms with Crippen molar-refractivity contribution in [3.8, 4) is 17.2 Å². The summed E-state index contributed by atoms with van der Waals surface area (Å²) in [7, 11) is 4.81. The third kappa shape index (κ3) is 5.80. The minimum Gasteiger partial charge on any atom is -0.497 e. The molecule has 0 aliphatic heterocycles. The second-order valence-electron chi connectivity index (χ2n) is 3.28. The Bertz CT molecular complexity index is 347. The van der Waals surface area contributed by atoms with Gasteiger partial charge in [-0.05, 0) is 19.1 Å². The van der Waals surface area contributed by atoms with Crippen LogP contribution in [0.4, 0.5) is 0 Å². The van der Waals surface area contributed by atoms with Gasteiger partial charge in [-0.15, -0.1) is 0 Å². The van der Waals surface area contributed by atoms with Crippen molar-refractivity contribution in [2.24, 2.45) is 0 Å². The summed E-state index contributed by atoms with van der Waals surface area (Å²) in [6.07, 6.45) is 0.667. The Labute approximate surface area is 102 Å². The lowest BCUT2D eigenvalue weighted by atomic mass is 10.3. The monoisotopic (exact) mass is 240 g/mol. The van der Waals surface area contributed by atoms with E-state index >= 15 is 0 Å². The first-order valence-electron chi connectivity index (χ1n) is 5.34. The van der Waals surface area contributed by atoms with Gasteiger partial charge in [0.25, 0.3) is 0 Å². The van der Waals surface area contributed by atoms with E-state index < -0.39 is 0 Å². The van der Waals surface area contributed by atoms with Gasteiger partial charge in [0.1, 0.15) is 11.5 Å². The molecule has 4 nitrogen and oxygen atoms in total. The summed E-state index contributed by atoms with van der Waals surface area (Å²) in [5.74, 6) is 2.40. The minimum atomic E-state index is 0.255. The van der Waals surface area contributed by atoms with Gasteiger partial charge in [-0.25, -0.2) is 0 Å². The van der Waals surface area contributed by atoms with Crippen LogP contribution in [-0.2, 0) is 4.79 Å². The predicted molar refractivity (Wildman–Crippen MR) is 67.1 cm³/mol. The lowest BCUT2D eigenvalue weighted by Gasteiger charge is -2.08. The first-order valence-corrected chi connectivity index (χ1v) is 5.34. The number of ether oxygens (including phenoxy) is 3. The van der Waals surface area contributed by atoms with Crippen molar-refractivity contribution >= 4 is 5.78 Å². The van der Waals surface area contributed by atoms with E-state index in [2.05, 4.69) is 0 Å². The number of carbonyl (C=O) groups excluding carboxylic acids is 1. The van der Waals surface area contributed by atoms with Gasteiger partial charge in [-0.3, -0.25) is 0 Å². The molecule has 1 aromatic carbocycles. The van der Waals surface area contributed by atoms with Crippen LogP contribution in [0.3, 0.4) is 0 Å². The zero-order chi connectivity index (χ0) is 13.3. The van der Waals surface area contributed by atoms with Crippen LogP contribution in [0, 0.1) is 0 Å². The number of benzene rings is 1. The number of methoxy groups -OCH3 is 3. The van der Waals surface area contributed by atoms with E-state index in [4.69, 9.17) is 14.2 Å². The third-order valence-corrected chi connectivity index (χ3v) is 2.09. The molecule has 0 amide bonds. The van der Waals surface area contributed by atoms with Gasteiger partial charge in [0, 0.05) is 12.5 Å². The van der Waals surface area contributed by atoms with Crippen LogP contribution >= 0.6 is 0 Å². The molecule has 0 N–H and O–H groups in total. The van der Waals surface area contributed by atoms with Crippen molar-refractivity contribution in [3.05, 3.63) is 18.2 Å². The molecule has 0 aliphatic rings. The molecule has 0 spiro atoms. The number of carbonyl (C=O) groups is 1. The Morgan fingerprint density at radius 2 is 1.59 bits per heavy atom. The van der Waals surface area contributed by atoms with Crippen molar-refractivity contribution in [1.82, 2.24) is 0 Å². The zero-order valence-corrected chi connectivity index (χ0v) is 11.1. The van der Waals surface area contributed by atoms with Gasteiger partial charge >= 0.3 is 0 Å². The molecule has 4 heteroatoms. The van der Waals surface area contributed by atoms with Crippen molar-refractivity contribution in [1.29, 1.82) is 0 Å². The molecule has 96 valence electrons. The highest BCUT2D eigenvalue weighted by Gasteiger charge is 2.03. The van der Waals surface area contributed by atoms with E-state index in [1.807, 2.05) is 13.0 Å². The molecule has 0 aromatic heterocycles. The number of ketones is 1. The Kier molecular flexibility index (Phi) is 7.59. The van der Waals surface area contributed by atoms with E-state index in [9.17, 15) is 4.79 Å². The largest absolute Gasteiger partial charge is 0.497 e. The molecular formula is C13H20O4. The van der Waals surface area contributed by atoms with Crippen LogP contribution in [0.1, 0.15) is 20.3 Å². The molecule has 1 aromatic rings. The maximum Gasteiger partial charge on any atom is 0.164 e. The Hall–Kier alpha value is -1.71. The van der Waals surface area contributed by atoms with Gasteiger partial charge in [0.2, 0.25) is 0 Å². The summed E-state index contributed by atoms with van der Waals surface area (Å²) < 4.78 is 15.1. The summed E-state index contributed by atoms with van der Waals surface area (Å²) in [4.78, 5) is 9.81. The highest BCUT2D eigenvalue weighted by atomic mass is 16.5. The van der Waals surface area contributed by atoms with E-state index in [1.54, 1.807) is 40.4 Å². The fraction of sp³-hybridized carbons (Fsp3) is 0.462. The summed E-state index contributed by atoms with van der Waals surface area (Å²) in [6, 6.07) is 5.40. The quantitative estimate of drug-likeness (QED) is 0.811. The molecule has 0 aliphatic carbocycles. The summed E-state index contributed by atoms with van der Waals surface area (Å²) >= 11 is 0. The number of hydrogen-bond acceptors (Lipinski definition) is 4. The van der Waals surface area contributed by atoms with E-state index in [0.29, 0.717) is 17.9 Å². The van der Waals surface area contributed by atoms with Gasteiger partial charge in [0.15, 0.2) is 11.5 Å². The van der Waals surface area contributed by atoms with Crippen molar-refractivity contribution < 1.29 is 19.0 Å². The Morgan fingerprint density at radius 1 is 1.06 bits per heavy atom. The Morgan fingerprint density at radius 3 is 1.94 bits per heavy atom. The van der Waals surface area contributed by atoms with Gasteiger partial charge < -0.3 is 19.0 Å². The molecule has 0 bridgehead atoms. The molecule has 0 fully saturated rings. The van der Waals surface area contributed by atoms with Crippen LogP contribution in [0.2, 0.25) is 0 Å². The van der Waals surface area contributed by atoms with Gasteiger partial charge in [0.05, 0.1) is 21.3 Å². The summed E-state index contributed by atoms with van der Waals surface area (Å²) in [5.41, 5.74) is 0. The van der Waals surface area contributed by atoms with Crippen LogP contribution in [0.5, 0.6) is 17.2 Å². The number of rotatable bonds is 4. The smallest absolute Gasteiger partial charge is 0.164 e. The first kappa shape index (κ1) is 15.3. The second-order valence-corrected chi connectivity index (χ2v) is 3.28. The SMILES string of the molecule is CCC(C)=O.COc1ccc(OC)c(OC)c1. The number of hydrogen-bond donors (Lipinski definition) is 0. The first-order chi connectivity index (χ1) is 8.08. The highest BCUT2D eigenvalue weighted by Crippen LogP contribution is 2.30. The van der Waals surface area contributed by atoms with Crippen molar-refractivity contribution in [2.45, 2.75) is 20.3 Å². The summed E-state index contributed by atoms with van der Waals surface area (Å²) in [6.45, 7) is 3.43. The normalized spacial score (nSPS) is 8.76. The molecule has 0 saturated heterocycles. The predicted octanol–water partition coefficient (Wildman–Crippen LogP) is 2.70. The lowest BCUT2D eigenvalue weighted by molar-refractivity contribution is -0.116. The maximum absolute atomic E-state index is 9.81. The second kappa shape index (κ2) is 8.44. The molecule has 0 atom stereocenters. The molecule has 17 heavy (non-hydrogen) atoms. The standard InChI is InChI=1S/C9H12O3.C4H8O/c1-10-7-4-5-8(11-2)9(6-7)12-3;1-3-4(2)5/h4-6H,1-3H3;3H2,1-2H3. The third-order valence-electron chi connectivity index (χ3n) is 2.09. The molecule has 0 unspecified atom stereocenters. The van der Waals surface area contributed by atoms with Crippen LogP contribution < -0.4 is 14.2 Å². The Balaban J connectivity index is 0.000000437. The van der Waals surface area contributed by atoms with Crippen LogP contribution in [-0.4, -0.2) is 27.1 Å². The highest BCUT2D eigenvalue weighted by molar-refractivity contribution is 5.74. The van der Waals surface area contributed by atoms with E-state index in [-0.39, 0.29) is 5.78 Å². The van der Waals surface area contributed by atoms with Gasteiger partial charge in [-0.1, -0.05) is 6.92 Å². The average molecular weight is 240 g/mol. The topological polar surface area (TPSA) is 44.8 Å². The summed E-state index contributed by atoms with van der Waals surface area (Å²) in [5, 5.41) is 0. The molecule has 0 radical (unpaired) electrons. The lowest BCUT2D eigenvalue weighted by Crippen LogP contribution is -1.91. The van der Waals surface area contributed by atoms with E-state index in [0.717, 1.165) is 5.75 Å². The maximum atomic E-state index is 9.81. The average Bonchev–Trinajstić information content (AvgIpc) is 2.38. The number of Topliss-reactive ketones (excluding diaryl/α,β-unsaturated/α-hetero) is 1. The van der Waals surface area contributed by atoms with Crippen LogP contribution in [0.15, 0.2) is 18.2 Å². The molecule has 0 saturated carbocycles. The van der Waals surface area contributed by atoms with Crippen molar-refractivity contribution in [2.75, 3.05) is 21.3 Å². The van der Waals surface area contributed by atoms with Crippen molar-refractivity contribution in [3.63, 3.8) is 0 Å². The van der Waals surface area contributed by atoms with E-state index in [1.165, 1.54) is 0 Å². The molecule has 0 heterocycles.